The Kier molecular flexibility index (Phi) is 6.19. The second kappa shape index (κ2) is 7.90. The normalized spacial score (nSPS) is 14.5. The van der Waals surface area contributed by atoms with Gasteiger partial charge in [-0.2, -0.15) is 0 Å². The van der Waals surface area contributed by atoms with E-state index >= 15 is 0 Å². The first-order chi connectivity index (χ1) is 10.1. The third kappa shape index (κ3) is 4.52. The molecule has 1 aromatic heterocycles. The van der Waals surface area contributed by atoms with Crippen LogP contribution in [0, 0.1) is 11.7 Å². The van der Waals surface area contributed by atoms with Crippen molar-refractivity contribution in [2.75, 3.05) is 6.54 Å². The van der Waals surface area contributed by atoms with Crippen LogP contribution >= 0.6 is 11.3 Å². The molecular formula is C18H26FNS. The summed E-state index contributed by atoms with van der Waals surface area (Å²) >= 11 is 1.73. The molecule has 2 unspecified atom stereocenters. The van der Waals surface area contributed by atoms with Gasteiger partial charge in [-0.25, -0.2) is 4.39 Å². The zero-order valence-corrected chi connectivity index (χ0v) is 14.1. The Labute approximate surface area is 131 Å². The molecule has 1 aromatic carbocycles. The molecule has 0 bridgehead atoms. The zero-order valence-electron chi connectivity index (χ0n) is 13.3. The highest BCUT2D eigenvalue weighted by Crippen LogP contribution is 2.34. The van der Waals surface area contributed by atoms with Crippen molar-refractivity contribution >= 4 is 21.4 Å². The van der Waals surface area contributed by atoms with Crippen LogP contribution in [0.5, 0.6) is 0 Å². The van der Waals surface area contributed by atoms with Crippen LogP contribution < -0.4 is 5.32 Å². The molecule has 0 aliphatic carbocycles. The summed E-state index contributed by atoms with van der Waals surface area (Å²) in [6.07, 6.45) is 4.80. The van der Waals surface area contributed by atoms with E-state index in [1.807, 2.05) is 6.07 Å². The SMILES string of the molecule is CCCNC(CC(C)CCC)c1cc2ccc(F)cc2s1. The molecule has 0 spiro atoms. The Morgan fingerprint density at radius 2 is 2.00 bits per heavy atom. The van der Waals surface area contributed by atoms with Crippen molar-refractivity contribution in [1.29, 1.82) is 0 Å². The minimum Gasteiger partial charge on any atom is -0.309 e. The lowest BCUT2D eigenvalue weighted by atomic mass is 9.96. The Morgan fingerprint density at radius 1 is 1.19 bits per heavy atom. The Bertz CT molecular complexity index is 563. The van der Waals surface area contributed by atoms with Crippen LogP contribution in [-0.4, -0.2) is 6.54 Å². The molecule has 1 nitrogen and oxygen atoms in total. The lowest BCUT2D eigenvalue weighted by Gasteiger charge is -2.21. The van der Waals surface area contributed by atoms with E-state index in [0.29, 0.717) is 12.0 Å². The number of hydrogen-bond acceptors (Lipinski definition) is 2. The lowest BCUT2D eigenvalue weighted by Crippen LogP contribution is -2.23. The third-order valence-corrected chi connectivity index (χ3v) is 5.12. The maximum absolute atomic E-state index is 13.4. The summed E-state index contributed by atoms with van der Waals surface area (Å²) in [5.41, 5.74) is 0. The molecule has 1 N–H and O–H groups in total. The Balaban J connectivity index is 2.20. The van der Waals surface area contributed by atoms with E-state index in [4.69, 9.17) is 0 Å². The molecule has 0 saturated carbocycles. The van der Waals surface area contributed by atoms with Crippen LogP contribution in [0.1, 0.15) is 57.4 Å². The van der Waals surface area contributed by atoms with Gasteiger partial charge < -0.3 is 5.32 Å². The van der Waals surface area contributed by atoms with E-state index < -0.39 is 0 Å². The molecule has 0 aliphatic heterocycles. The lowest BCUT2D eigenvalue weighted by molar-refractivity contribution is 0.394. The average Bonchev–Trinajstić information content (AvgIpc) is 2.86. The predicted octanol–water partition coefficient (Wildman–Crippen LogP) is 5.91. The summed E-state index contributed by atoms with van der Waals surface area (Å²) in [6.45, 7) is 7.80. The van der Waals surface area contributed by atoms with Crippen LogP contribution in [0.3, 0.4) is 0 Å². The molecule has 2 aromatic rings. The summed E-state index contributed by atoms with van der Waals surface area (Å²) < 4.78 is 14.4. The standard InChI is InChI=1S/C18H26FNS/c1-4-6-13(3)10-16(20-9-5-2)18-11-14-7-8-15(19)12-17(14)21-18/h7-8,11-13,16,20H,4-6,9-10H2,1-3H3. The summed E-state index contributed by atoms with van der Waals surface area (Å²) in [5.74, 6) is 0.569. The van der Waals surface area contributed by atoms with Gasteiger partial charge in [0.1, 0.15) is 5.82 Å². The molecular weight excluding hydrogens is 281 g/mol. The molecule has 1 heterocycles. The summed E-state index contributed by atoms with van der Waals surface area (Å²) in [4.78, 5) is 1.34. The number of rotatable bonds is 8. The van der Waals surface area contributed by atoms with Crippen molar-refractivity contribution in [2.24, 2.45) is 5.92 Å². The van der Waals surface area contributed by atoms with Crippen LogP contribution in [0.15, 0.2) is 24.3 Å². The first-order valence-electron chi connectivity index (χ1n) is 8.06. The molecule has 0 aliphatic rings. The van der Waals surface area contributed by atoms with Crippen molar-refractivity contribution in [3.63, 3.8) is 0 Å². The summed E-state index contributed by atoms with van der Waals surface area (Å²) in [6, 6.07) is 7.71. The van der Waals surface area contributed by atoms with E-state index in [-0.39, 0.29) is 5.82 Å². The highest BCUT2D eigenvalue weighted by molar-refractivity contribution is 7.19. The van der Waals surface area contributed by atoms with E-state index in [2.05, 4.69) is 32.2 Å². The van der Waals surface area contributed by atoms with Gasteiger partial charge in [0.25, 0.3) is 0 Å². The fourth-order valence-corrected chi connectivity index (χ4v) is 4.01. The van der Waals surface area contributed by atoms with Crippen molar-refractivity contribution in [3.05, 3.63) is 35.0 Å². The van der Waals surface area contributed by atoms with Gasteiger partial charge in [0, 0.05) is 15.6 Å². The predicted molar refractivity (Wildman–Crippen MR) is 91.5 cm³/mol. The van der Waals surface area contributed by atoms with Crippen LogP contribution in [0.4, 0.5) is 4.39 Å². The zero-order chi connectivity index (χ0) is 15.2. The molecule has 0 amide bonds. The minimum atomic E-state index is -0.145. The Morgan fingerprint density at radius 3 is 2.71 bits per heavy atom. The second-order valence-electron chi connectivity index (χ2n) is 5.97. The molecule has 0 radical (unpaired) electrons. The van der Waals surface area contributed by atoms with Crippen molar-refractivity contribution in [3.8, 4) is 0 Å². The van der Waals surface area contributed by atoms with Gasteiger partial charge in [0.2, 0.25) is 0 Å². The maximum atomic E-state index is 13.4. The first-order valence-corrected chi connectivity index (χ1v) is 8.88. The Hall–Kier alpha value is -0.930. The fraction of sp³-hybridized carbons (Fsp3) is 0.556. The minimum absolute atomic E-state index is 0.145. The molecule has 21 heavy (non-hydrogen) atoms. The van der Waals surface area contributed by atoms with Gasteiger partial charge in [0.05, 0.1) is 0 Å². The number of nitrogens with one attached hydrogen (secondary N) is 1. The number of fused-ring (bicyclic) bond motifs is 1. The van der Waals surface area contributed by atoms with Crippen LogP contribution in [0.2, 0.25) is 0 Å². The first kappa shape index (κ1) is 16.4. The molecule has 2 atom stereocenters. The van der Waals surface area contributed by atoms with E-state index in [0.717, 1.165) is 29.5 Å². The summed E-state index contributed by atoms with van der Waals surface area (Å²) in [7, 11) is 0. The largest absolute Gasteiger partial charge is 0.309 e. The maximum Gasteiger partial charge on any atom is 0.124 e. The van der Waals surface area contributed by atoms with Gasteiger partial charge in [-0.1, -0.05) is 39.7 Å². The highest BCUT2D eigenvalue weighted by atomic mass is 32.1. The monoisotopic (exact) mass is 307 g/mol. The number of hydrogen-bond donors (Lipinski definition) is 1. The number of thiophene rings is 1. The van der Waals surface area contributed by atoms with Crippen LogP contribution in [0.25, 0.3) is 10.1 Å². The molecule has 3 heteroatoms. The van der Waals surface area contributed by atoms with Gasteiger partial charge >= 0.3 is 0 Å². The number of halogens is 1. The van der Waals surface area contributed by atoms with E-state index in [1.54, 1.807) is 23.5 Å². The smallest absolute Gasteiger partial charge is 0.124 e. The van der Waals surface area contributed by atoms with Crippen LogP contribution in [-0.2, 0) is 0 Å². The van der Waals surface area contributed by atoms with Crippen molar-refractivity contribution in [1.82, 2.24) is 5.32 Å². The molecule has 2 rings (SSSR count). The van der Waals surface area contributed by atoms with Gasteiger partial charge in [-0.3, -0.25) is 0 Å². The third-order valence-electron chi connectivity index (χ3n) is 3.90. The quantitative estimate of drug-likeness (QED) is 0.639. The van der Waals surface area contributed by atoms with E-state index in [9.17, 15) is 4.39 Å². The van der Waals surface area contributed by atoms with Gasteiger partial charge in [-0.05, 0) is 48.9 Å². The molecule has 0 saturated heterocycles. The second-order valence-corrected chi connectivity index (χ2v) is 7.08. The fourth-order valence-electron chi connectivity index (χ4n) is 2.83. The van der Waals surface area contributed by atoms with Crippen molar-refractivity contribution in [2.45, 2.75) is 52.5 Å². The summed E-state index contributed by atoms with van der Waals surface area (Å²) in [5, 5.41) is 4.82. The van der Waals surface area contributed by atoms with Gasteiger partial charge in [-0.15, -0.1) is 11.3 Å². The highest BCUT2D eigenvalue weighted by Gasteiger charge is 2.17. The van der Waals surface area contributed by atoms with Gasteiger partial charge in [0.15, 0.2) is 0 Å². The average molecular weight is 307 g/mol. The molecule has 0 fully saturated rings. The topological polar surface area (TPSA) is 12.0 Å². The molecule has 116 valence electrons. The van der Waals surface area contributed by atoms with Crippen molar-refractivity contribution < 1.29 is 4.39 Å². The van der Waals surface area contributed by atoms with E-state index in [1.165, 1.54) is 17.7 Å². The number of benzene rings is 1.